The van der Waals surface area contributed by atoms with Crippen LogP contribution in [-0.4, -0.2) is 16.3 Å². The first-order valence-electron chi connectivity index (χ1n) is 9.15. The summed E-state index contributed by atoms with van der Waals surface area (Å²) in [7, 11) is 0. The third-order valence-corrected chi connectivity index (χ3v) is 5.33. The van der Waals surface area contributed by atoms with Crippen molar-refractivity contribution in [3.05, 3.63) is 64.7 Å². The lowest BCUT2D eigenvalue weighted by Crippen LogP contribution is -2.08. The van der Waals surface area contributed by atoms with Crippen molar-refractivity contribution in [2.45, 2.75) is 40.0 Å². The van der Waals surface area contributed by atoms with Gasteiger partial charge in [-0.05, 0) is 62.8 Å². The van der Waals surface area contributed by atoms with Gasteiger partial charge in [-0.3, -0.25) is 0 Å². The molecule has 0 aliphatic carbocycles. The van der Waals surface area contributed by atoms with Crippen LogP contribution in [0.4, 0.5) is 5.82 Å². The molecule has 2 aromatic carbocycles. The van der Waals surface area contributed by atoms with Crippen LogP contribution in [0.3, 0.4) is 0 Å². The summed E-state index contributed by atoms with van der Waals surface area (Å²) in [5.41, 5.74) is 8.76. The van der Waals surface area contributed by atoms with Gasteiger partial charge >= 0.3 is 0 Å². The lowest BCUT2D eigenvalue weighted by molar-refractivity contribution is 0.779. The Labute approximate surface area is 149 Å². The number of anilines is 1. The number of fused-ring (bicyclic) bond motifs is 1. The average molecular weight is 331 g/mol. The third kappa shape index (κ3) is 2.74. The summed E-state index contributed by atoms with van der Waals surface area (Å²) in [6, 6.07) is 15.0. The molecule has 1 aromatic heterocycles. The van der Waals surface area contributed by atoms with Crippen LogP contribution in [0.1, 0.15) is 35.1 Å². The Bertz CT molecular complexity index is 921. The highest BCUT2D eigenvalue weighted by molar-refractivity contribution is 5.73. The highest BCUT2D eigenvalue weighted by Gasteiger charge is 2.23. The van der Waals surface area contributed by atoms with Gasteiger partial charge in [-0.15, -0.1) is 0 Å². The molecular formula is C22H25N3. The van der Waals surface area contributed by atoms with Gasteiger partial charge < -0.3 is 5.32 Å². The summed E-state index contributed by atoms with van der Waals surface area (Å²) in [4.78, 5) is 0. The van der Waals surface area contributed by atoms with Gasteiger partial charge in [0.2, 0.25) is 0 Å². The first-order valence-corrected chi connectivity index (χ1v) is 9.15. The van der Waals surface area contributed by atoms with E-state index in [1.54, 1.807) is 0 Å². The summed E-state index contributed by atoms with van der Waals surface area (Å²) < 4.78 is 2.13. The van der Waals surface area contributed by atoms with Crippen molar-refractivity contribution in [2.75, 3.05) is 11.9 Å². The Balaban J connectivity index is 1.97. The van der Waals surface area contributed by atoms with E-state index in [4.69, 9.17) is 5.10 Å². The van der Waals surface area contributed by atoms with Crippen LogP contribution in [0, 0.1) is 20.8 Å². The van der Waals surface area contributed by atoms with Gasteiger partial charge in [0, 0.05) is 17.7 Å². The van der Waals surface area contributed by atoms with Gasteiger partial charge in [0.25, 0.3) is 0 Å². The summed E-state index contributed by atoms with van der Waals surface area (Å²) in [6.07, 6.45) is 3.49. The number of nitrogens with zero attached hydrogens (tertiary/aromatic N) is 2. The molecule has 3 aromatic rings. The quantitative estimate of drug-likeness (QED) is 0.698. The van der Waals surface area contributed by atoms with Crippen molar-refractivity contribution in [2.24, 2.45) is 0 Å². The van der Waals surface area contributed by atoms with E-state index in [1.165, 1.54) is 52.2 Å². The number of rotatable bonds is 2. The molecule has 0 fully saturated rings. The molecule has 0 saturated heterocycles. The Hall–Kier alpha value is -2.55. The Kier molecular flexibility index (Phi) is 4.08. The third-order valence-electron chi connectivity index (χ3n) is 5.33. The van der Waals surface area contributed by atoms with Crippen molar-refractivity contribution < 1.29 is 0 Å². The molecule has 0 radical (unpaired) electrons. The van der Waals surface area contributed by atoms with E-state index in [0.717, 1.165) is 18.7 Å². The molecule has 128 valence electrons. The van der Waals surface area contributed by atoms with Crippen LogP contribution >= 0.6 is 0 Å². The van der Waals surface area contributed by atoms with E-state index in [9.17, 15) is 0 Å². The second-order valence-corrected chi connectivity index (χ2v) is 7.01. The van der Waals surface area contributed by atoms with Crippen molar-refractivity contribution in [3.8, 4) is 16.9 Å². The standard InChI is InChI=1S/C22H25N3/c1-15-10-8-13-20(17(15)3)25-22-19(12-6-7-14-23-22)21(24-25)18-11-5-4-9-16(18)2/h4-5,8-11,13,23H,6-7,12,14H2,1-3H3. The second kappa shape index (κ2) is 6.40. The van der Waals surface area contributed by atoms with E-state index in [-0.39, 0.29) is 0 Å². The molecule has 2 heterocycles. The SMILES string of the molecule is Cc1ccccc1-c1nn(-c2cccc(C)c2C)c2c1CCCCN2. The minimum atomic E-state index is 1.01. The maximum atomic E-state index is 5.09. The molecule has 1 aliphatic heterocycles. The summed E-state index contributed by atoms with van der Waals surface area (Å²) >= 11 is 0. The average Bonchev–Trinajstić information content (AvgIpc) is 2.79. The molecule has 3 nitrogen and oxygen atoms in total. The number of nitrogens with one attached hydrogen (secondary N) is 1. The zero-order chi connectivity index (χ0) is 17.4. The van der Waals surface area contributed by atoms with Crippen molar-refractivity contribution >= 4 is 5.82 Å². The van der Waals surface area contributed by atoms with Crippen LogP contribution in [0.5, 0.6) is 0 Å². The topological polar surface area (TPSA) is 29.9 Å². The largest absolute Gasteiger partial charge is 0.370 e. The highest BCUT2D eigenvalue weighted by atomic mass is 15.3. The van der Waals surface area contributed by atoms with Crippen LogP contribution in [0.2, 0.25) is 0 Å². The smallest absolute Gasteiger partial charge is 0.133 e. The highest BCUT2D eigenvalue weighted by Crippen LogP contribution is 2.36. The first-order chi connectivity index (χ1) is 12.2. The number of hydrogen-bond acceptors (Lipinski definition) is 2. The number of aryl methyl sites for hydroxylation is 2. The fourth-order valence-corrected chi connectivity index (χ4v) is 3.70. The fraction of sp³-hybridized carbons (Fsp3) is 0.318. The molecule has 1 aliphatic rings. The number of aromatic nitrogens is 2. The molecule has 0 spiro atoms. The van der Waals surface area contributed by atoms with Crippen LogP contribution in [-0.2, 0) is 6.42 Å². The summed E-state index contributed by atoms with van der Waals surface area (Å²) in [5, 5.41) is 8.74. The predicted octanol–water partition coefficient (Wildman–Crippen LogP) is 5.21. The van der Waals surface area contributed by atoms with Crippen molar-refractivity contribution in [1.29, 1.82) is 0 Å². The normalized spacial score (nSPS) is 13.9. The Morgan fingerprint density at radius 1 is 0.920 bits per heavy atom. The zero-order valence-corrected chi connectivity index (χ0v) is 15.3. The van der Waals surface area contributed by atoms with Gasteiger partial charge in [0.05, 0.1) is 11.4 Å². The van der Waals surface area contributed by atoms with Gasteiger partial charge in [0.15, 0.2) is 0 Å². The van der Waals surface area contributed by atoms with E-state index < -0.39 is 0 Å². The molecule has 0 atom stereocenters. The zero-order valence-electron chi connectivity index (χ0n) is 15.3. The number of benzene rings is 2. The van der Waals surface area contributed by atoms with Crippen LogP contribution in [0.25, 0.3) is 16.9 Å². The monoisotopic (exact) mass is 331 g/mol. The lowest BCUT2D eigenvalue weighted by Gasteiger charge is -2.13. The van der Waals surface area contributed by atoms with Crippen LogP contribution < -0.4 is 5.32 Å². The Morgan fingerprint density at radius 2 is 1.72 bits per heavy atom. The number of hydrogen-bond donors (Lipinski definition) is 1. The van der Waals surface area contributed by atoms with Crippen molar-refractivity contribution in [3.63, 3.8) is 0 Å². The van der Waals surface area contributed by atoms with E-state index >= 15 is 0 Å². The summed E-state index contributed by atoms with van der Waals surface area (Å²) in [6.45, 7) is 7.53. The molecule has 4 rings (SSSR count). The minimum Gasteiger partial charge on any atom is -0.370 e. The second-order valence-electron chi connectivity index (χ2n) is 7.01. The predicted molar refractivity (Wildman–Crippen MR) is 105 cm³/mol. The lowest BCUT2D eigenvalue weighted by atomic mass is 10.00. The molecule has 0 amide bonds. The van der Waals surface area contributed by atoms with Crippen molar-refractivity contribution in [1.82, 2.24) is 9.78 Å². The van der Waals surface area contributed by atoms with Gasteiger partial charge in [-0.25, -0.2) is 4.68 Å². The van der Waals surface area contributed by atoms with Gasteiger partial charge in [-0.1, -0.05) is 36.4 Å². The van der Waals surface area contributed by atoms with Gasteiger partial charge in [0.1, 0.15) is 5.82 Å². The van der Waals surface area contributed by atoms with E-state index in [1.807, 2.05) is 0 Å². The molecule has 1 N–H and O–H groups in total. The van der Waals surface area contributed by atoms with Gasteiger partial charge in [-0.2, -0.15) is 5.10 Å². The molecule has 3 heteroatoms. The minimum absolute atomic E-state index is 1.01. The van der Waals surface area contributed by atoms with E-state index in [2.05, 4.69) is 73.2 Å². The maximum Gasteiger partial charge on any atom is 0.133 e. The summed E-state index contributed by atoms with van der Waals surface area (Å²) in [5.74, 6) is 1.17. The molecule has 0 bridgehead atoms. The molecule has 25 heavy (non-hydrogen) atoms. The molecule has 0 unspecified atom stereocenters. The van der Waals surface area contributed by atoms with Crippen LogP contribution in [0.15, 0.2) is 42.5 Å². The molecule has 0 saturated carbocycles. The first kappa shape index (κ1) is 15.9. The van der Waals surface area contributed by atoms with E-state index in [0.29, 0.717) is 0 Å². The maximum absolute atomic E-state index is 5.09. The molecular weight excluding hydrogens is 306 g/mol. The Morgan fingerprint density at radius 3 is 2.56 bits per heavy atom. The fourth-order valence-electron chi connectivity index (χ4n) is 3.70.